The van der Waals surface area contributed by atoms with Gasteiger partial charge in [0.05, 0.1) is 25.3 Å². The molecule has 0 bridgehead atoms. The van der Waals surface area contributed by atoms with E-state index in [1.807, 2.05) is 12.2 Å². The second-order valence-electron chi connectivity index (χ2n) is 8.56. The Bertz CT molecular complexity index is 1260. The maximum atomic E-state index is 14.0. The number of nitrogens with one attached hydrogen (secondary N) is 1. The Kier molecular flexibility index (Phi) is 6.40. The molecule has 0 aliphatic heterocycles. The average Bonchev–Trinajstić information content (AvgIpc) is 3.52. The van der Waals surface area contributed by atoms with E-state index in [9.17, 15) is 22.8 Å². The van der Waals surface area contributed by atoms with Crippen LogP contribution in [0.1, 0.15) is 41.5 Å². The Balaban J connectivity index is 1.70. The van der Waals surface area contributed by atoms with Crippen LogP contribution >= 0.6 is 0 Å². The number of allylic oxidation sites excluding steroid dienone is 1. The first-order valence-corrected chi connectivity index (χ1v) is 10.9. The van der Waals surface area contributed by atoms with E-state index < -0.39 is 40.9 Å². The number of esters is 1. The fraction of sp³-hybridized carbons (Fsp3) is 0.320. The lowest BCUT2D eigenvalue weighted by Gasteiger charge is -2.34. The van der Waals surface area contributed by atoms with Crippen LogP contribution in [0.3, 0.4) is 0 Å². The number of alkyl halides is 2. The number of nitrogens with zero attached hydrogens (tertiary/aromatic N) is 3. The van der Waals surface area contributed by atoms with Crippen LogP contribution < -0.4 is 5.32 Å². The zero-order valence-electron chi connectivity index (χ0n) is 19.4. The summed E-state index contributed by atoms with van der Waals surface area (Å²) in [5.74, 6) is -4.94. The predicted octanol–water partition coefficient (Wildman–Crippen LogP) is 3.77. The maximum absolute atomic E-state index is 14.0. The first-order chi connectivity index (χ1) is 16.5. The van der Waals surface area contributed by atoms with E-state index in [1.165, 1.54) is 26.3 Å². The average molecular weight is 485 g/mol. The molecule has 1 heterocycles. The highest BCUT2D eigenvalue weighted by molar-refractivity contribution is 6.13. The second-order valence-corrected chi connectivity index (χ2v) is 8.56. The third-order valence-corrected chi connectivity index (χ3v) is 5.89. The third-order valence-electron chi connectivity index (χ3n) is 5.89. The van der Waals surface area contributed by atoms with Crippen LogP contribution in [0.2, 0.25) is 0 Å². The molecule has 1 amide bonds. The summed E-state index contributed by atoms with van der Waals surface area (Å²) >= 11 is 0. The minimum absolute atomic E-state index is 0.104. The molecule has 0 saturated heterocycles. The molecule has 0 spiro atoms. The van der Waals surface area contributed by atoms with Gasteiger partial charge in [0.15, 0.2) is 0 Å². The van der Waals surface area contributed by atoms with Gasteiger partial charge < -0.3 is 10.1 Å². The smallest absolute Gasteiger partial charge is 0.308 e. The van der Waals surface area contributed by atoms with Gasteiger partial charge in [-0.05, 0) is 35.8 Å². The number of benzene rings is 1. The lowest BCUT2D eigenvalue weighted by molar-refractivity contribution is -0.140. The van der Waals surface area contributed by atoms with Crippen LogP contribution in [0.5, 0.6) is 0 Å². The maximum Gasteiger partial charge on any atom is 0.308 e. The van der Waals surface area contributed by atoms with Crippen molar-refractivity contribution in [1.82, 2.24) is 15.1 Å². The molecular formula is C25H24F3N4O3. The fourth-order valence-corrected chi connectivity index (χ4v) is 3.82. The lowest BCUT2D eigenvalue weighted by Crippen LogP contribution is -2.44. The molecule has 2 atom stereocenters. The molecule has 2 aliphatic carbocycles. The van der Waals surface area contributed by atoms with E-state index in [-0.39, 0.29) is 12.1 Å². The van der Waals surface area contributed by atoms with Crippen molar-refractivity contribution in [3.8, 4) is 0 Å². The summed E-state index contributed by atoms with van der Waals surface area (Å²) in [4.78, 5) is 30.2. The molecule has 1 aromatic carbocycles. The Labute approximate surface area is 200 Å². The zero-order valence-corrected chi connectivity index (χ0v) is 19.4. The number of aliphatic imine (C=N–C) groups is 1. The van der Waals surface area contributed by atoms with Gasteiger partial charge in [0, 0.05) is 20.4 Å². The second kappa shape index (κ2) is 9.16. The summed E-state index contributed by atoms with van der Waals surface area (Å²) in [6.45, 7) is 0.690. The molecule has 1 radical (unpaired) electrons. The van der Waals surface area contributed by atoms with Gasteiger partial charge in [-0.15, -0.1) is 0 Å². The normalized spacial score (nSPS) is 20.1. The number of carbonyl (C=O) groups is 2. The van der Waals surface area contributed by atoms with E-state index in [1.54, 1.807) is 24.6 Å². The van der Waals surface area contributed by atoms with E-state index in [4.69, 9.17) is 9.73 Å². The number of hydrogen-bond donors (Lipinski definition) is 1. The van der Waals surface area contributed by atoms with Gasteiger partial charge in [0.25, 0.3) is 11.8 Å². The largest absolute Gasteiger partial charge is 0.469 e. The number of halogens is 3. The standard InChI is InChI=1S/C25H24F3N4O3/c1-24(27,28)20-14-19(32(2)31-20)23(34)29-18(13-21(33)35-3)22(15-8-9-15)30-25(10-5-11-25)16-6-4-7-17(26)12-16/h4-10,12,14,18H,11,13H2,1-3H3,(H,29,34). The minimum atomic E-state index is -3.23. The predicted molar refractivity (Wildman–Crippen MR) is 122 cm³/mol. The molecule has 2 aromatic rings. The molecule has 7 nitrogen and oxygen atoms in total. The molecule has 0 saturated carbocycles. The Morgan fingerprint density at radius 1 is 1.34 bits per heavy atom. The molecular weight excluding hydrogens is 461 g/mol. The molecule has 4 rings (SSSR count). The summed E-state index contributed by atoms with van der Waals surface area (Å²) < 4.78 is 47.3. The number of aromatic nitrogens is 2. The first-order valence-electron chi connectivity index (χ1n) is 10.9. The first kappa shape index (κ1) is 24.4. The molecule has 183 valence electrons. The Morgan fingerprint density at radius 3 is 2.57 bits per heavy atom. The van der Waals surface area contributed by atoms with Gasteiger partial charge in [-0.3, -0.25) is 19.3 Å². The van der Waals surface area contributed by atoms with E-state index in [0.717, 1.165) is 10.7 Å². The SMILES string of the molecule is COC(=O)CC(NC(=O)c1cc(C(C)(F)F)nn1C)C(=NC1(c2cccc(F)c2)C=CC1)C1=C[CH]1. The molecule has 2 unspecified atom stereocenters. The van der Waals surface area contributed by atoms with Gasteiger partial charge in [0.2, 0.25) is 0 Å². The van der Waals surface area contributed by atoms with Crippen molar-refractivity contribution in [3.05, 3.63) is 83.3 Å². The molecule has 1 N–H and O–H groups in total. The number of ether oxygens (including phenoxy) is 1. The van der Waals surface area contributed by atoms with Crippen molar-refractivity contribution in [2.75, 3.05) is 7.11 Å². The number of rotatable bonds is 9. The Hall–Kier alpha value is -3.69. The zero-order chi connectivity index (χ0) is 25.4. The monoisotopic (exact) mass is 485 g/mol. The summed E-state index contributed by atoms with van der Waals surface area (Å²) in [6.07, 6.45) is 7.53. The van der Waals surface area contributed by atoms with Crippen molar-refractivity contribution in [3.63, 3.8) is 0 Å². The van der Waals surface area contributed by atoms with E-state index in [0.29, 0.717) is 30.2 Å². The lowest BCUT2D eigenvalue weighted by atomic mass is 9.79. The fourth-order valence-electron chi connectivity index (χ4n) is 3.82. The van der Waals surface area contributed by atoms with Gasteiger partial charge in [-0.2, -0.15) is 13.9 Å². The molecule has 35 heavy (non-hydrogen) atoms. The van der Waals surface area contributed by atoms with Gasteiger partial charge >= 0.3 is 5.97 Å². The topological polar surface area (TPSA) is 85.6 Å². The molecule has 10 heteroatoms. The highest BCUT2D eigenvalue weighted by atomic mass is 19.3. The van der Waals surface area contributed by atoms with Crippen molar-refractivity contribution in [1.29, 1.82) is 0 Å². The highest BCUT2D eigenvalue weighted by Crippen LogP contribution is 2.40. The Morgan fingerprint density at radius 2 is 2.06 bits per heavy atom. The van der Waals surface area contributed by atoms with Crippen molar-refractivity contribution < 1.29 is 27.5 Å². The van der Waals surface area contributed by atoms with Crippen LogP contribution in [0.4, 0.5) is 13.2 Å². The van der Waals surface area contributed by atoms with E-state index >= 15 is 0 Å². The van der Waals surface area contributed by atoms with Crippen LogP contribution in [0.25, 0.3) is 0 Å². The molecule has 2 aliphatic rings. The van der Waals surface area contributed by atoms with Crippen LogP contribution in [-0.4, -0.2) is 40.5 Å². The summed E-state index contributed by atoms with van der Waals surface area (Å²) in [5, 5.41) is 6.46. The quantitative estimate of drug-likeness (QED) is 0.333. The summed E-state index contributed by atoms with van der Waals surface area (Å²) in [5.41, 5.74) is 0.224. The highest BCUT2D eigenvalue weighted by Gasteiger charge is 2.38. The van der Waals surface area contributed by atoms with Crippen LogP contribution in [0, 0.1) is 12.2 Å². The number of methoxy groups -OCH3 is 1. The van der Waals surface area contributed by atoms with Gasteiger partial charge in [0.1, 0.15) is 22.7 Å². The van der Waals surface area contributed by atoms with Crippen molar-refractivity contribution in [2.24, 2.45) is 12.0 Å². The molecule has 0 fully saturated rings. The number of hydrogen-bond acceptors (Lipinski definition) is 5. The van der Waals surface area contributed by atoms with E-state index in [2.05, 4.69) is 10.4 Å². The van der Waals surface area contributed by atoms with Gasteiger partial charge in [-0.1, -0.05) is 30.4 Å². The number of amides is 1. The van der Waals surface area contributed by atoms with Gasteiger partial charge in [-0.25, -0.2) is 4.39 Å². The summed E-state index contributed by atoms with van der Waals surface area (Å²) in [6, 6.07) is 6.16. The van der Waals surface area contributed by atoms with Crippen LogP contribution in [-0.2, 0) is 28.0 Å². The third kappa shape index (κ3) is 5.21. The van der Waals surface area contributed by atoms with Crippen molar-refractivity contribution >= 4 is 17.6 Å². The minimum Gasteiger partial charge on any atom is -0.469 e. The summed E-state index contributed by atoms with van der Waals surface area (Å²) in [7, 11) is 2.60. The number of carbonyl (C=O) groups excluding carboxylic acids is 2. The van der Waals surface area contributed by atoms with Crippen LogP contribution in [0.15, 0.2) is 59.1 Å². The van der Waals surface area contributed by atoms with Crippen molar-refractivity contribution in [2.45, 2.75) is 37.3 Å². The number of aryl methyl sites for hydroxylation is 1. The molecule has 1 aromatic heterocycles.